The Morgan fingerprint density at radius 3 is 2.37 bits per heavy atom. The molecule has 1 aliphatic carbocycles. The third-order valence-corrected chi connectivity index (χ3v) is 9.68. The molecule has 0 spiro atoms. The molecule has 4 heterocycles. The molecular formula is C33H44N6O2. The van der Waals surface area contributed by atoms with E-state index in [1.165, 1.54) is 16.8 Å². The first-order valence-electron chi connectivity index (χ1n) is 15.2. The van der Waals surface area contributed by atoms with E-state index >= 15 is 0 Å². The average molecular weight is 557 g/mol. The van der Waals surface area contributed by atoms with Crippen molar-refractivity contribution in [3.63, 3.8) is 0 Å². The summed E-state index contributed by atoms with van der Waals surface area (Å²) in [4.78, 5) is 24.4. The number of likely N-dealkylation sites (tertiary alicyclic amines) is 1. The Bertz CT molecular complexity index is 1370. The molecule has 2 aliphatic heterocycles. The second-order valence-electron chi connectivity index (χ2n) is 12.4. The number of nitrogens with zero attached hydrogens (tertiary/aromatic N) is 6. The van der Waals surface area contributed by atoms with Crippen LogP contribution in [0.25, 0.3) is 16.6 Å². The number of piperazine rings is 1. The Kier molecular flexibility index (Phi) is 7.88. The van der Waals surface area contributed by atoms with Crippen LogP contribution in [0.2, 0.25) is 0 Å². The van der Waals surface area contributed by atoms with Gasteiger partial charge in [-0.25, -0.2) is 4.52 Å². The lowest BCUT2D eigenvalue weighted by molar-refractivity contribution is -0.141. The van der Waals surface area contributed by atoms with Crippen molar-refractivity contribution in [1.29, 1.82) is 0 Å². The average Bonchev–Trinajstić information content (AvgIpc) is 3.42. The highest BCUT2D eigenvalue weighted by Gasteiger charge is 2.45. The molecule has 41 heavy (non-hydrogen) atoms. The molecule has 3 fully saturated rings. The molecular weight excluding hydrogens is 512 g/mol. The van der Waals surface area contributed by atoms with Gasteiger partial charge in [0.25, 0.3) is 0 Å². The standard InChI is InChI=1S/C33H44N6O2/c1-24(2)38-22-33(23-38,41-4)29-11-9-26(10-12-29)28-19-31-30(13-14-35-39(31)21-28)36-15-17-37(18-16-36)32(40)27-7-5-25(6-8-27)20-34-3/h9-14,19-21,24-25,27H,5-8,15-18,22-23H2,1-4H3. The van der Waals surface area contributed by atoms with Crippen LogP contribution in [0.5, 0.6) is 0 Å². The Hall–Kier alpha value is -3.23. The van der Waals surface area contributed by atoms with Gasteiger partial charge in [0, 0.05) is 89.6 Å². The minimum absolute atomic E-state index is 0.174. The third kappa shape index (κ3) is 5.40. The van der Waals surface area contributed by atoms with Gasteiger partial charge >= 0.3 is 0 Å². The molecule has 3 aromatic rings. The predicted molar refractivity (Wildman–Crippen MR) is 165 cm³/mol. The molecule has 8 heteroatoms. The molecule has 0 atom stereocenters. The van der Waals surface area contributed by atoms with Gasteiger partial charge in [-0.1, -0.05) is 24.3 Å². The SMILES string of the molecule is CN=CC1CCC(C(=O)N2CCN(c3ccnn4cc(-c5ccc(C6(OC)CN(C(C)C)C6)cc5)cc34)CC2)CC1. The number of aromatic nitrogens is 2. The predicted octanol–water partition coefficient (Wildman–Crippen LogP) is 4.72. The van der Waals surface area contributed by atoms with Crippen molar-refractivity contribution in [1.82, 2.24) is 19.4 Å². The number of carbonyl (C=O) groups excluding carboxylic acids is 1. The maximum Gasteiger partial charge on any atom is 0.225 e. The fraction of sp³-hybridized carbons (Fsp3) is 0.545. The zero-order valence-electron chi connectivity index (χ0n) is 25.0. The maximum absolute atomic E-state index is 13.3. The topological polar surface area (TPSA) is 65.7 Å². The van der Waals surface area contributed by atoms with Crippen LogP contribution < -0.4 is 4.90 Å². The molecule has 218 valence electrons. The van der Waals surface area contributed by atoms with Crippen LogP contribution in [0.3, 0.4) is 0 Å². The first-order chi connectivity index (χ1) is 19.9. The van der Waals surface area contributed by atoms with Gasteiger partial charge in [-0.15, -0.1) is 0 Å². The monoisotopic (exact) mass is 556 g/mol. The van der Waals surface area contributed by atoms with Crippen LogP contribution in [0, 0.1) is 11.8 Å². The van der Waals surface area contributed by atoms with Crippen molar-refractivity contribution in [2.24, 2.45) is 16.8 Å². The van der Waals surface area contributed by atoms with E-state index in [0.717, 1.165) is 76.0 Å². The summed E-state index contributed by atoms with van der Waals surface area (Å²) < 4.78 is 7.98. The number of hydrogen-bond acceptors (Lipinski definition) is 6. The van der Waals surface area contributed by atoms with E-state index in [9.17, 15) is 4.79 Å². The van der Waals surface area contributed by atoms with E-state index in [4.69, 9.17) is 4.74 Å². The summed E-state index contributed by atoms with van der Waals surface area (Å²) in [7, 11) is 3.66. The summed E-state index contributed by atoms with van der Waals surface area (Å²) in [6.07, 6.45) is 10.2. The molecule has 0 radical (unpaired) electrons. The molecule has 3 aliphatic rings. The van der Waals surface area contributed by atoms with Gasteiger partial charge in [0.15, 0.2) is 0 Å². The normalized spacial score (nSPS) is 23.4. The van der Waals surface area contributed by atoms with E-state index in [1.807, 2.05) is 24.9 Å². The van der Waals surface area contributed by atoms with E-state index in [1.54, 1.807) is 0 Å². The smallest absolute Gasteiger partial charge is 0.225 e. The highest BCUT2D eigenvalue weighted by molar-refractivity contribution is 5.81. The van der Waals surface area contributed by atoms with Gasteiger partial charge in [0.2, 0.25) is 5.91 Å². The summed E-state index contributed by atoms with van der Waals surface area (Å²) in [5, 5.41) is 4.61. The first kappa shape index (κ1) is 27.9. The highest BCUT2D eigenvalue weighted by atomic mass is 16.5. The number of hydrogen-bond donors (Lipinski definition) is 0. The number of anilines is 1. The number of carbonyl (C=O) groups is 1. The highest BCUT2D eigenvalue weighted by Crippen LogP contribution is 2.38. The van der Waals surface area contributed by atoms with Gasteiger partial charge in [0.05, 0.1) is 11.2 Å². The van der Waals surface area contributed by atoms with E-state index in [-0.39, 0.29) is 11.5 Å². The zero-order chi connectivity index (χ0) is 28.6. The summed E-state index contributed by atoms with van der Waals surface area (Å²) >= 11 is 0. The van der Waals surface area contributed by atoms with Crippen molar-refractivity contribution in [3.8, 4) is 11.1 Å². The van der Waals surface area contributed by atoms with Crippen molar-refractivity contribution in [3.05, 3.63) is 54.4 Å². The van der Waals surface area contributed by atoms with Crippen molar-refractivity contribution < 1.29 is 9.53 Å². The molecule has 6 rings (SSSR count). The van der Waals surface area contributed by atoms with Crippen molar-refractivity contribution >= 4 is 23.3 Å². The Labute approximate surface area is 244 Å². The van der Waals surface area contributed by atoms with Gasteiger partial charge in [-0.3, -0.25) is 9.69 Å². The van der Waals surface area contributed by atoms with E-state index in [2.05, 4.69) is 87.4 Å². The molecule has 2 saturated heterocycles. The minimum Gasteiger partial charge on any atom is -0.371 e. The first-order valence-corrected chi connectivity index (χ1v) is 15.2. The van der Waals surface area contributed by atoms with Gasteiger partial charge in [0.1, 0.15) is 5.60 Å². The van der Waals surface area contributed by atoms with Gasteiger partial charge in [-0.05, 0) is 68.7 Å². The number of rotatable bonds is 7. The van der Waals surface area contributed by atoms with Crippen LogP contribution in [0.1, 0.15) is 45.1 Å². The minimum atomic E-state index is -0.212. The number of ether oxygens (including phenoxy) is 1. The van der Waals surface area contributed by atoms with Crippen LogP contribution in [0.15, 0.2) is 53.8 Å². The Morgan fingerprint density at radius 2 is 1.73 bits per heavy atom. The number of methoxy groups -OCH3 is 1. The van der Waals surface area contributed by atoms with Crippen LogP contribution in [0.4, 0.5) is 5.69 Å². The molecule has 0 N–H and O–H groups in total. The number of fused-ring (bicyclic) bond motifs is 1. The van der Waals surface area contributed by atoms with Gasteiger partial charge in [-0.2, -0.15) is 5.10 Å². The van der Waals surface area contributed by atoms with Crippen molar-refractivity contribution in [2.45, 2.75) is 51.2 Å². The number of amides is 1. The summed E-state index contributed by atoms with van der Waals surface area (Å²) in [6, 6.07) is 13.7. The second kappa shape index (κ2) is 11.6. The molecule has 1 amide bonds. The van der Waals surface area contributed by atoms with Crippen molar-refractivity contribution in [2.75, 3.05) is 58.3 Å². The molecule has 1 saturated carbocycles. The maximum atomic E-state index is 13.3. The van der Waals surface area contributed by atoms with E-state index in [0.29, 0.717) is 17.9 Å². The van der Waals surface area contributed by atoms with Crippen LogP contribution in [-0.2, 0) is 15.1 Å². The second-order valence-corrected chi connectivity index (χ2v) is 12.4. The molecule has 0 unspecified atom stereocenters. The molecule has 0 bridgehead atoms. The van der Waals surface area contributed by atoms with Gasteiger partial charge < -0.3 is 19.5 Å². The quantitative estimate of drug-likeness (QED) is 0.394. The summed E-state index contributed by atoms with van der Waals surface area (Å²) in [5.41, 5.74) is 5.62. The fourth-order valence-corrected chi connectivity index (χ4v) is 6.95. The third-order valence-electron chi connectivity index (χ3n) is 9.68. The largest absolute Gasteiger partial charge is 0.371 e. The van der Waals surface area contributed by atoms with Crippen LogP contribution in [-0.4, -0.2) is 91.0 Å². The fourth-order valence-electron chi connectivity index (χ4n) is 6.95. The molecule has 8 nitrogen and oxygen atoms in total. The lowest BCUT2D eigenvalue weighted by atomic mass is 9.82. The Balaban J connectivity index is 1.12. The molecule has 2 aromatic heterocycles. The lowest BCUT2D eigenvalue weighted by Gasteiger charge is -2.51. The summed E-state index contributed by atoms with van der Waals surface area (Å²) in [6.45, 7) is 9.55. The zero-order valence-corrected chi connectivity index (χ0v) is 25.0. The van der Waals surface area contributed by atoms with Crippen LogP contribution >= 0.6 is 0 Å². The summed E-state index contributed by atoms with van der Waals surface area (Å²) in [5.74, 6) is 1.06. The number of aliphatic imine (C=N–C) groups is 1. The lowest BCUT2D eigenvalue weighted by Crippen LogP contribution is -2.62. The Morgan fingerprint density at radius 1 is 1.02 bits per heavy atom. The van der Waals surface area contributed by atoms with E-state index < -0.39 is 0 Å². The molecule has 1 aromatic carbocycles. The number of benzene rings is 1.